The largest absolute Gasteiger partial charge is 0.457 e. The fraction of sp³-hybridized carbons (Fsp3) is 0.273. The highest BCUT2D eigenvalue weighted by atomic mass is 16.5. The first-order valence-corrected chi connectivity index (χ1v) is 9.43. The summed E-state index contributed by atoms with van der Waals surface area (Å²) in [5.41, 5.74) is 0.942. The van der Waals surface area contributed by atoms with Crippen LogP contribution < -0.4 is 15.4 Å². The molecule has 0 aliphatic heterocycles. The minimum atomic E-state index is 0.726. The third kappa shape index (κ3) is 6.25. The van der Waals surface area contributed by atoms with Crippen LogP contribution in [0.5, 0.6) is 11.5 Å². The molecule has 6 heteroatoms. The number of para-hydroxylation sites is 1. The summed E-state index contributed by atoms with van der Waals surface area (Å²) in [6.07, 6.45) is 1.06. The fourth-order valence-electron chi connectivity index (χ4n) is 2.71. The quantitative estimate of drug-likeness (QED) is 0.528. The van der Waals surface area contributed by atoms with Crippen molar-refractivity contribution in [2.75, 3.05) is 37.8 Å². The van der Waals surface area contributed by atoms with E-state index >= 15 is 0 Å². The zero-order valence-corrected chi connectivity index (χ0v) is 16.6. The number of anilines is 3. The Morgan fingerprint density at radius 2 is 1.57 bits per heavy atom. The Bertz CT molecular complexity index is 866. The van der Waals surface area contributed by atoms with Crippen LogP contribution >= 0.6 is 0 Å². The van der Waals surface area contributed by atoms with E-state index in [1.54, 1.807) is 0 Å². The van der Waals surface area contributed by atoms with Crippen LogP contribution in [0.25, 0.3) is 0 Å². The Morgan fingerprint density at radius 3 is 2.29 bits per heavy atom. The summed E-state index contributed by atoms with van der Waals surface area (Å²) in [6.45, 7) is 3.81. The number of ether oxygens (including phenoxy) is 1. The third-order valence-corrected chi connectivity index (χ3v) is 4.03. The van der Waals surface area contributed by atoms with Gasteiger partial charge in [-0.1, -0.05) is 18.2 Å². The van der Waals surface area contributed by atoms with Crippen molar-refractivity contribution in [3.8, 4) is 11.5 Å². The first-order chi connectivity index (χ1) is 13.6. The van der Waals surface area contributed by atoms with E-state index in [0.717, 1.165) is 54.2 Å². The Kier molecular flexibility index (Phi) is 6.81. The number of benzene rings is 2. The Morgan fingerprint density at radius 1 is 0.893 bits per heavy atom. The van der Waals surface area contributed by atoms with Crippen molar-refractivity contribution in [1.29, 1.82) is 0 Å². The first-order valence-electron chi connectivity index (χ1n) is 9.43. The maximum Gasteiger partial charge on any atom is 0.136 e. The maximum absolute atomic E-state index is 5.83. The maximum atomic E-state index is 5.83. The highest BCUT2D eigenvalue weighted by Gasteiger charge is 2.04. The predicted molar refractivity (Wildman–Crippen MR) is 115 cm³/mol. The minimum absolute atomic E-state index is 0.726. The number of aryl methyl sites for hydroxylation is 1. The summed E-state index contributed by atoms with van der Waals surface area (Å²) in [5.74, 6) is 3.93. The van der Waals surface area contributed by atoms with Gasteiger partial charge in [-0.25, -0.2) is 9.97 Å². The molecule has 3 aromatic rings. The number of rotatable bonds is 9. The molecule has 0 spiro atoms. The molecule has 0 saturated carbocycles. The van der Waals surface area contributed by atoms with Gasteiger partial charge < -0.3 is 20.3 Å². The third-order valence-electron chi connectivity index (χ3n) is 4.03. The lowest BCUT2D eigenvalue weighted by molar-refractivity contribution is 0.405. The van der Waals surface area contributed by atoms with Gasteiger partial charge in [-0.15, -0.1) is 0 Å². The van der Waals surface area contributed by atoms with E-state index in [-0.39, 0.29) is 0 Å². The molecule has 0 aliphatic rings. The second-order valence-corrected chi connectivity index (χ2v) is 6.83. The lowest BCUT2D eigenvalue weighted by atomic mass is 10.3. The molecule has 2 aromatic carbocycles. The molecule has 0 fully saturated rings. The van der Waals surface area contributed by atoms with E-state index in [1.807, 2.05) is 67.6 Å². The van der Waals surface area contributed by atoms with Crippen molar-refractivity contribution in [3.05, 3.63) is 66.5 Å². The van der Waals surface area contributed by atoms with Crippen LogP contribution in [0.1, 0.15) is 12.2 Å². The minimum Gasteiger partial charge on any atom is -0.457 e. The zero-order valence-electron chi connectivity index (χ0n) is 16.6. The lowest BCUT2D eigenvalue weighted by Crippen LogP contribution is -2.16. The average molecular weight is 377 g/mol. The van der Waals surface area contributed by atoms with Crippen LogP contribution in [0.3, 0.4) is 0 Å². The normalized spacial score (nSPS) is 10.7. The summed E-state index contributed by atoms with van der Waals surface area (Å²) in [6, 6.07) is 19.5. The van der Waals surface area contributed by atoms with Crippen molar-refractivity contribution >= 4 is 17.3 Å². The highest BCUT2D eigenvalue weighted by Crippen LogP contribution is 2.24. The lowest BCUT2D eigenvalue weighted by Gasteiger charge is -2.12. The highest BCUT2D eigenvalue weighted by molar-refractivity contribution is 5.60. The van der Waals surface area contributed by atoms with Crippen molar-refractivity contribution in [2.45, 2.75) is 13.3 Å². The molecule has 0 unspecified atom stereocenters. The van der Waals surface area contributed by atoms with Crippen molar-refractivity contribution in [1.82, 2.24) is 14.9 Å². The van der Waals surface area contributed by atoms with Gasteiger partial charge >= 0.3 is 0 Å². The summed E-state index contributed by atoms with van der Waals surface area (Å²) < 4.78 is 5.83. The molecule has 0 amide bonds. The standard InChI is InChI=1S/C22H27N5O/c1-17-24-21(23-14-7-15-27(2)3)16-22(25-17)26-18-10-12-20(13-11-18)28-19-8-5-4-6-9-19/h4-6,8-13,16H,7,14-15H2,1-3H3,(H2,23,24,25,26). The summed E-state index contributed by atoms with van der Waals surface area (Å²) >= 11 is 0. The Hall–Kier alpha value is -3.12. The second kappa shape index (κ2) is 9.71. The molecule has 2 N–H and O–H groups in total. The van der Waals surface area contributed by atoms with Gasteiger partial charge in [-0.3, -0.25) is 0 Å². The van der Waals surface area contributed by atoms with E-state index in [1.165, 1.54) is 0 Å². The molecule has 1 heterocycles. The molecule has 0 aliphatic carbocycles. The Labute approximate surface area is 166 Å². The number of aromatic nitrogens is 2. The van der Waals surface area contributed by atoms with Gasteiger partial charge in [0.25, 0.3) is 0 Å². The second-order valence-electron chi connectivity index (χ2n) is 6.83. The van der Waals surface area contributed by atoms with E-state index in [4.69, 9.17) is 4.74 Å². The van der Waals surface area contributed by atoms with Crippen molar-refractivity contribution in [3.63, 3.8) is 0 Å². The molecular formula is C22H27N5O. The fourth-order valence-corrected chi connectivity index (χ4v) is 2.71. The molecule has 0 saturated heterocycles. The Balaban J connectivity index is 1.59. The van der Waals surface area contributed by atoms with Crippen LogP contribution in [0.2, 0.25) is 0 Å². The number of hydrogen-bond acceptors (Lipinski definition) is 6. The van der Waals surface area contributed by atoms with E-state index < -0.39 is 0 Å². The van der Waals surface area contributed by atoms with Gasteiger partial charge in [0.15, 0.2) is 0 Å². The van der Waals surface area contributed by atoms with Crippen molar-refractivity contribution in [2.24, 2.45) is 0 Å². The molecule has 0 radical (unpaired) electrons. The molecular weight excluding hydrogens is 350 g/mol. The average Bonchev–Trinajstić information content (AvgIpc) is 2.67. The topological polar surface area (TPSA) is 62.3 Å². The number of hydrogen-bond donors (Lipinski definition) is 2. The van der Waals surface area contributed by atoms with Gasteiger partial charge in [0.05, 0.1) is 0 Å². The van der Waals surface area contributed by atoms with Crippen LogP contribution in [-0.4, -0.2) is 42.1 Å². The summed E-state index contributed by atoms with van der Waals surface area (Å²) in [7, 11) is 4.15. The molecule has 28 heavy (non-hydrogen) atoms. The van der Waals surface area contributed by atoms with Gasteiger partial charge in [-0.05, 0) is 70.4 Å². The smallest absolute Gasteiger partial charge is 0.136 e. The molecule has 0 bridgehead atoms. The van der Waals surface area contributed by atoms with Gasteiger partial charge in [0.2, 0.25) is 0 Å². The van der Waals surface area contributed by atoms with E-state index in [2.05, 4.69) is 39.6 Å². The van der Waals surface area contributed by atoms with Gasteiger partial charge in [0, 0.05) is 18.3 Å². The molecule has 3 rings (SSSR count). The van der Waals surface area contributed by atoms with Crippen LogP contribution in [0, 0.1) is 6.92 Å². The van der Waals surface area contributed by atoms with Gasteiger partial charge in [-0.2, -0.15) is 0 Å². The predicted octanol–water partition coefficient (Wildman–Crippen LogP) is 4.68. The van der Waals surface area contributed by atoms with Gasteiger partial charge in [0.1, 0.15) is 29.0 Å². The number of nitrogens with one attached hydrogen (secondary N) is 2. The van der Waals surface area contributed by atoms with Crippen LogP contribution in [-0.2, 0) is 0 Å². The zero-order chi connectivity index (χ0) is 19.8. The summed E-state index contributed by atoms with van der Waals surface area (Å²) in [4.78, 5) is 11.1. The summed E-state index contributed by atoms with van der Waals surface area (Å²) in [5, 5.41) is 6.70. The monoisotopic (exact) mass is 377 g/mol. The SMILES string of the molecule is Cc1nc(NCCCN(C)C)cc(Nc2ccc(Oc3ccccc3)cc2)n1. The molecule has 146 valence electrons. The molecule has 1 aromatic heterocycles. The van der Waals surface area contributed by atoms with Crippen molar-refractivity contribution < 1.29 is 4.74 Å². The molecule has 0 atom stereocenters. The van der Waals surface area contributed by atoms with Crippen LogP contribution in [0.15, 0.2) is 60.7 Å². The van der Waals surface area contributed by atoms with Crippen LogP contribution in [0.4, 0.5) is 17.3 Å². The van der Waals surface area contributed by atoms with E-state index in [0.29, 0.717) is 0 Å². The van der Waals surface area contributed by atoms with E-state index in [9.17, 15) is 0 Å². The first kappa shape index (κ1) is 19.6. The molecule has 6 nitrogen and oxygen atoms in total. The number of nitrogens with zero attached hydrogens (tertiary/aromatic N) is 3.